The van der Waals surface area contributed by atoms with Crippen LogP contribution in [0, 0.1) is 0 Å². The molecule has 1 heterocycles. The zero-order valence-electron chi connectivity index (χ0n) is 9.11. The summed E-state index contributed by atoms with van der Waals surface area (Å²) in [5.74, 6) is -0.0647. The normalized spacial score (nSPS) is 18.3. The van der Waals surface area contributed by atoms with Crippen molar-refractivity contribution < 1.29 is 4.79 Å². The van der Waals surface area contributed by atoms with Crippen LogP contribution in [0.3, 0.4) is 0 Å². The average Bonchev–Trinajstić information content (AvgIpc) is 2.73. The topological polar surface area (TPSA) is 55.1 Å². The molecule has 1 aromatic heterocycles. The van der Waals surface area contributed by atoms with E-state index in [0.717, 1.165) is 17.7 Å². The number of hydrogen-bond donors (Lipinski definition) is 2. The summed E-state index contributed by atoms with van der Waals surface area (Å²) in [6.07, 6.45) is 6.60. The van der Waals surface area contributed by atoms with Crippen molar-refractivity contribution in [1.29, 1.82) is 0 Å². The molecular weight excluding hydrogens is 220 g/mol. The van der Waals surface area contributed by atoms with Gasteiger partial charge in [0.2, 0.25) is 5.91 Å². The lowest BCUT2D eigenvalue weighted by atomic mass is 9.78. The largest absolute Gasteiger partial charge is 0.351 e. The summed E-state index contributed by atoms with van der Waals surface area (Å²) in [4.78, 5) is 12.6. The fourth-order valence-electron chi connectivity index (χ4n) is 1.67. The number of nitrogens with one attached hydrogen (secondary N) is 1. The highest BCUT2D eigenvalue weighted by Gasteiger charge is 2.32. The van der Waals surface area contributed by atoms with Crippen molar-refractivity contribution in [3.05, 3.63) is 28.5 Å². The Morgan fingerprint density at radius 3 is 3.00 bits per heavy atom. The molecule has 4 heteroatoms. The van der Waals surface area contributed by atoms with Crippen molar-refractivity contribution >= 4 is 23.3 Å². The van der Waals surface area contributed by atoms with E-state index < -0.39 is 0 Å². The number of rotatable bonds is 4. The third-order valence-corrected chi connectivity index (χ3v) is 3.74. The summed E-state index contributed by atoms with van der Waals surface area (Å²) in [6.45, 7) is 0.584. The minimum absolute atomic E-state index is 0.0647. The highest BCUT2D eigenvalue weighted by Crippen LogP contribution is 2.27. The van der Waals surface area contributed by atoms with Crippen LogP contribution in [0.2, 0.25) is 0 Å². The van der Waals surface area contributed by atoms with Gasteiger partial charge < -0.3 is 11.1 Å². The Kier molecular flexibility index (Phi) is 3.41. The molecule has 1 aromatic rings. The number of amides is 1. The molecule has 0 aliphatic heterocycles. The summed E-state index contributed by atoms with van der Waals surface area (Å²) >= 11 is 1.61. The Labute approximate surface area is 99.3 Å². The second kappa shape index (κ2) is 4.80. The first-order valence-electron chi connectivity index (χ1n) is 5.46. The third-order valence-electron chi connectivity index (χ3n) is 2.91. The van der Waals surface area contributed by atoms with E-state index in [0.29, 0.717) is 6.54 Å². The van der Waals surface area contributed by atoms with Crippen molar-refractivity contribution in [1.82, 2.24) is 5.32 Å². The quantitative estimate of drug-likeness (QED) is 0.783. The van der Waals surface area contributed by atoms with E-state index in [1.807, 2.05) is 23.6 Å². The molecule has 2 rings (SSSR count). The standard InChI is InChI=1S/C12H16N2OS/c13-12(6-2-7-12)9-14-11(15)5-4-10-3-1-8-16-10/h1,3-5,8H,2,6-7,9,13H2,(H,14,15)/b5-4+. The Balaban J connectivity index is 1.76. The Morgan fingerprint density at radius 1 is 1.62 bits per heavy atom. The molecule has 0 atom stereocenters. The fourth-order valence-corrected chi connectivity index (χ4v) is 2.29. The monoisotopic (exact) mass is 236 g/mol. The molecular formula is C12H16N2OS. The number of carbonyl (C=O) groups is 1. The van der Waals surface area contributed by atoms with Gasteiger partial charge in [0.1, 0.15) is 0 Å². The van der Waals surface area contributed by atoms with Gasteiger partial charge in [-0.3, -0.25) is 4.79 Å². The molecule has 0 saturated heterocycles. The van der Waals surface area contributed by atoms with Gasteiger partial charge in [0.05, 0.1) is 0 Å². The number of carbonyl (C=O) groups excluding carboxylic acids is 1. The van der Waals surface area contributed by atoms with Gasteiger partial charge in [0.15, 0.2) is 0 Å². The van der Waals surface area contributed by atoms with Crippen molar-refractivity contribution in [2.45, 2.75) is 24.8 Å². The van der Waals surface area contributed by atoms with Gasteiger partial charge in [-0.2, -0.15) is 0 Å². The number of hydrogen-bond acceptors (Lipinski definition) is 3. The van der Waals surface area contributed by atoms with Gasteiger partial charge in [-0.1, -0.05) is 6.07 Å². The number of thiophene rings is 1. The maximum atomic E-state index is 11.5. The molecule has 0 aromatic carbocycles. The molecule has 0 unspecified atom stereocenters. The first kappa shape index (κ1) is 11.4. The van der Waals surface area contributed by atoms with Crippen LogP contribution in [0.25, 0.3) is 6.08 Å². The van der Waals surface area contributed by atoms with Gasteiger partial charge in [-0.15, -0.1) is 11.3 Å². The van der Waals surface area contributed by atoms with E-state index in [9.17, 15) is 4.79 Å². The lowest BCUT2D eigenvalue weighted by Crippen LogP contribution is -2.54. The maximum Gasteiger partial charge on any atom is 0.244 e. The van der Waals surface area contributed by atoms with Crippen molar-refractivity contribution in [2.24, 2.45) is 5.73 Å². The molecule has 0 bridgehead atoms. The number of nitrogens with two attached hydrogens (primary N) is 1. The fraction of sp³-hybridized carbons (Fsp3) is 0.417. The Morgan fingerprint density at radius 2 is 2.44 bits per heavy atom. The second-order valence-corrected chi connectivity index (χ2v) is 5.26. The highest BCUT2D eigenvalue weighted by molar-refractivity contribution is 7.10. The van der Waals surface area contributed by atoms with Crippen molar-refractivity contribution in [3.8, 4) is 0 Å². The first-order chi connectivity index (χ1) is 7.68. The molecule has 0 spiro atoms. The first-order valence-corrected chi connectivity index (χ1v) is 6.34. The molecule has 3 nitrogen and oxygen atoms in total. The molecule has 16 heavy (non-hydrogen) atoms. The van der Waals surface area contributed by atoms with Crippen LogP contribution in [-0.4, -0.2) is 18.0 Å². The molecule has 3 N–H and O–H groups in total. The van der Waals surface area contributed by atoms with E-state index in [2.05, 4.69) is 5.32 Å². The SMILES string of the molecule is NC1(CNC(=O)/C=C/c2cccs2)CCC1. The predicted molar refractivity (Wildman–Crippen MR) is 67.1 cm³/mol. The molecule has 1 fully saturated rings. The van der Waals surface area contributed by atoms with Crippen LogP contribution in [0.5, 0.6) is 0 Å². The lowest BCUT2D eigenvalue weighted by Gasteiger charge is -2.37. The van der Waals surface area contributed by atoms with Crippen molar-refractivity contribution in [3.63, 3.8) is 0 Å². The second-order valence-electron chi connectivity index (χ2n) is 4.28. The van der Waals surface area contributed by atoms with Gasteiger partial charge in [0.25, 0.3) is 0 Å². The summed E-state index contributed by atoms with van der Waals surface area (Å²) in [5.41, 5.74) is 5.86. The summed E-state index contributed by atoms with van der Waals surface area (Å²) < 4.78 is 0. The van der Waals surface area contributed by atoms with Gasteiger partial charge in [-0.25, -0.2) is 0 Å². The minimum Gasteiger partial charge on any atom is -0.351 e. The summed E-state index contributed by atoms with van der Waals surface area (Å²) in [7, 11) is 0. The van der Waals surface area contributed by atoms with Crippen LogP contribution in [0.15, 0.2) is 23.6 Å². The molecule has 1 amide bonds. The molecule has 86 valence electrons. The molecule has 0 radical (unpaired) electrons. The van der Waals surface area contributed by atoms with E-state index in [1.165, 1.54) is 6.42 Å². The molecule has 1 saturated carbocycles. The zero-order chi connectivity index (χ0) is 11.4. The van der Waals surface area contributed by atoms with Gasteiger partial charge in [0, 0.05) is 23.0 Å². The smallest absolute Gasteiger partial charge is 0.244 e. The van der Waals surface area contributed by atoms with E-state index in [1.54, 1.807) is 17.4 Å². The van der Waals surface area contributed by atoms with Crippen LogP contribution in [0.1, 0.15) is 24.1 Å². The summed E-state index contributed by atoms with van der Waals surface area (Å²) in [6, 6.07) is 3.94. The minimum atomic E-state index is -0.146. The average molecular weight is 236 g/mol. The zero-order valence-corrected chi connectivity index (χ0v) is 9.93. The predicted octanol–water partition coefficient (Wildman–Crippen LogP) is 1.76. The van der Waals surface area contributed by atoms with E-state index >= 15 is 0 Å². The molecule has 1 aliphatic rings. The summed E-state index contributed by atoms with van der Waals surface area (Å²) in [5, 5.41) is 4.83. The molecule has 1 aliphatic carbocycles. The van der Waals surface area contributed by atoms with Gasteiger partial charge >= 0.3 is 0 Å². The van der Waals surface area contributed by atoms with Crippen LogP contribution >= 0.6 is 11.3 Å². The Hall–Kier alpha value is -1.13. The van der Waals surface area contributed by atoms with E-state index in [4.69, 9.17) is 5.73 Å². The third kappa shape index (κ3) is 2.93. The maximum absolute atomic E-state index is 11.5. The van der Waals surface area contributed by atoms with Gasteiger partial charge in [-0.05, 0) is 36.8 Å². The highest BCUT2D eigenvalue weighted by atomic mass is 32.1. The Bertz CT molecular complexity index is 380. The van der Waals surface area contributed by atoms with Crippen LogP contribution < -0.4 is 11.1 Å². The van der Waals surface area contributed by atoms with Crippen molar-refractivity contribution in [2.75, 3.05) is 6.54 Å². The van der Waals surface area contributed by atoms with E-state index in [-0.39, 0.29) is 11.4 Å². The lowest BCUT2D eigenvalue weighted by molar-refractivity contribution is -0.116. The van der Waals surface area contributed by atoms with Crippen LogP contribution in [0.4, 0.5) is 0 Å². The van der Waals surface area contributed by atoms with Crippen LogP contribution in [-0.2, 0) is 4.79 Å².